The van der Waals surface area contributed by atoms with E-state index < -0.39 is 17.5 Å². The second-order valence-electron chi connectivity index (χ2n) is 5.86. The zero-order valence-electron chi connectivity index (χ0n) is 14.5. The molecule has 2 aromatic carbocycles. The van der Waals surface area contributed by atoms with E-state index in [1.165, 1.54) is 41.7 Å². The molecule has 0 unspecified atom stereocenters. The van der Waals surface area contributed by atoms with Crippen LogP contribution in [0.25, 0.3) is 22.2 Å². The van der Waals surface area contributed by atoms with Crippen molar-refractivity contribution in [3.05, 3.63) is 76.7 Å². The first-order valence-corrected chi connectivity index (χ1v) is 9.11. The van der Waals surface area contributed by atoms with Crippen molar-refractivity contribution in [3.63, 3.8) is 0 Å². The lowest BCUT2D eigenvalue weighted by molar-refractivity contribution is 0.102. The Labute approximate surface area is 167 Å². The molecule has 4 aromatic rings. The lowest BCUT2D eigenvalue weighted by atomic mass is 10.1. The van der Waals surface area contributed by atoms with Crippen molar-refractivity contribution in [2.75, 3.05) is 5.32 Å². The van der Waals surface area contributed by atoms with Gasteiger partial charge in [0.05, 0.1) is 22.9 Å². The summed E-state index contributed by atoms with van der Waals surface area (Å²) in [6.45, 7) is 0. The summed E-state index contributed by atoms with van der Waals surface area (Å²) < 4.78 is 32.7. The Hall–Kier alpha value is -3.90. The van der Waals surface area contributed by atoms with Crippen molar-refractivity contribution in [2.24, 2.45) is 0 Å². The Balaban J connectivity index is 1.60. The number of aromatic nitrogens is 2. The quantitative estimate of drug-likeness (QED) is 0.520. The molecule has 0 bridgehead atoms. The summed E-state index contributed by atoms with van der Waals surface area (Å²) in [6, 6.07) is 12.8. The Morgan fingerprint density at radius 3 is 2.79 bits per heavy atom. The average molecular weight is 408 g/mol. The molecule has 1 N–H and O–H groups in total. The summed E-state index contributed by atoms with van der Waals surface area (Å²) in [4.78, 5) is 17.2. The number of hydrogen-bond donors (Lipinski definition) is 1. The van der Waals surface area contributed by atoms with Gasteiger partial charge in [0.1, 0.15) is 16.5 Å². The summed E-state index contributed by atoms with van der Waals surface area (Å²) in [5, 5.41) is 16.9. The van der Waals surface area contributed by atoms with Gasteiger partial charge in [-0.1, -0.05) is 17.3 Å². The molecular weight excluding hydrogens is 398 g/mol. The Bertz CT molecular complexity index is 1260. The first-order valence-electron chi connectivity index (χ1n) is 8.23. The fourth-order valence-corrected chi connectivity index (χ4v) is 3.36. The third-order valence-electron chi connectivity index (χ3n) is 3.96. The molecule has 0 aliphatic heterocycles. The summed E-state index contributed by atoms with van der Waals surface area (Å²) in [7, 11) is 0. The minimum Gasteiger partial charge on any atom is -0.333 e. The molecular formula is C20H10F2N4O2S. The van der Waals surface area contributed by atoms with Crippen molar-refractivity contribution in [2.45, 2.75) is 0 Å². The molecule has 0 aliphatic carbocycles. The van der Waals surface area contributed by atoms with Crippen molar-refractivity contribution in [1.29, 1.82) is 5.26 Å². The van der Waals surface area contributed by atoms with E-state index in [1.54, 1.807) is 17.5 Å². The van der Waals surface area contributed by atoms with Crippen LogP contribution in [0.4, 0.5) is 14.5 Å². The summed E-state index contributed by atoms with van der Waals surface area (Å²) in [6.07, 6.45) is 0. The van der Waals surface area contributed by atoms with Gasteiger partial charge in [0.2, 0.25) is 5.82 Å². The monoisotopic (exact) mass is 408 g/mol. The van der Waals surface area contributed by atoms with E-state index in [1.807, 2.05) is 6.07 Å². The van der Waals surface area contributed by atoms with Crippen LogP contribution in [0, 0.1) is 23.0 Å². The highest BCUT2D eigenvalue weighted by molar-refractivity contribution is 7.14. The van der Waals surface area contributed by atoms with Crippen LogP contribution in [0.1, 0.15) is 15.9 Å². The number of halogens is 2. The van der Waals surface area contributed by atoms with Crippen LogP contribution in [0.15, 0.2) is 58.4 Å². The van der Waals surface area contributed by atoms with Gasteiger partial charge in [-0.2, -0.15) is 10.2 Å². The Morgan fingerprint density at radius 2 is 2.03 bits per heavy atom. The van der Waals surface area contributed by atoms with Crippen molar-refractivity contribution >= 4 is 22.9 Å². The van der Waals surface area contributed by atoms with Crippen LogP contribution in [0.2, 0.25) is 0 Å². The lowest BCUT2D eigenvalue weighted by Gasteiger charge is -2.06. The average Bonchev–Trinajstić information content (AvgIpc) is 3.37. The molecule has 9 heteroatoms. The zero-order chi connectivity index (χ0) is 20.4. The van der Waals surface area contributed by atoms with Crippen LogP contribution in [-0.4, -0.2) is 16.0 Å². The molecule has 0 spiro atoms. The minimum atomic E-state index is -0.801. The molecule has 2 aromatic heterocycles. The van der Waals surface area contributed by atoms with Gasteiger partial charge >= 0.3 is 0 Å². The predicted molar refractivity (Wildman–Crippen MR) is 102 cm³/mol. The van der Waals surface area contributed by atoms with E-state index in [4.69, 9.17) is 9.78 Å². The summed E-state index contributed by atoms with van der Waals surface area (Å²) in [5.41, 5.74) is 0.720. The molecule has 0 saturated heterocycles. The lowest BCUT2D eigenvalue weighted by Crippen LogP contribution is -2.13. The molecule has 0 fully saturated rings. The van der Waals surface area contributed by atoms with Gasteiger partial charge in [-0.25, -0.2) is 8.78 Å². The van der Waals surface area contributed by atoms with E-state index in [-0.39, 0.29) is 22.8 Å². The third kappa shape index (κ3) is 3.74. The van der Waals surface area contributed by atoms with E-state index in [9.17, 15) is 13.6 Å². The minimum absolute atomic E-state index is 0.117. The highest BCUT2D eigenvalue weighted by atomic mass is 32.1. The number of nitrogens with zero attached hydrogens (tertiary/aromatic N) is 3. The number of rotatable bonds is 4. The van der Waals surface area contributed by atoms with E-state index in [0.29, 0.717) is 16.1 Å². The largest absolute Gasteiger partial charge is 0.333 e. The van der Waals surface area contributed by atoms with Crippen molar-refractivity contribution in [1.82, 2.24) is 10.1 Å². The molecule has 0 aliphatic rings. The predicted octanol–water partition coefficient (Wildman–Crippen LogP) is 4.87. The molecule has 0 saturated carbocycles. The Morgan fingerprint density at radius 1 is 1.17 bits per heavy atom. The number of nitrogens with one attached hydrogen (secondary N) is 1. The number of thiophene rings is 1. The van der Waals surface area contributed by atoms with Crippen LogP contribution in [0.5, 0.6) is 0 Å². The highest BCUT2D eigenvalue weighted by Gasteiger charge is 2.19. The van der Waals surface area contributed by atoms with Crippen LogP contribution in [-0.2, 0) is 0 Å². The van der Waals surface area contributed by atoms with Crippen LogP contribution < -0.4 is 5.32 Å². The number of amides is 1. The molecule has 4 rings (SSSR count). The normalized spacial score (nSPS) is 10.5. The van der Waals surface area contributed by atoms with Gasteiger partial charge in [0.15, 0.2) is 0 Å². The number of anilines is 1. The Kier molecular flexibility index (Phi) is 4.85. The third-order valence-corrected chi connectivity index (χ3v) is 4.86. The molecule has 142 valence electrons. The molecule has 0 radical (unpaired) electrons. The second kappa shape index (κ2) is 7.61. The smallest absolute Gasteiger partial charge is 0.270 e. The van der Waals surface area contributed by atoms with Crippen molar-refractivity contribution < 1.29 is 18.1 Å². The number of nitriles is 1. The fraction of sp³-hybridized carbons (Fsp3) is 0. The summed E-state index contributed by atoms with van der Waals surface area (Å²) >= 11 is 1.24. The molecule has 29 heavy (non-hydrogen) atoms. The SMILES string of the molecule is N#Cc1ccc(C(=O)Nc2ccsc2-c2nc(-c3cccc(F)c3)no2)c(F)c1. The highest BCUT2D eigenvalue weighted by Crippen LogP contribution is 2.34. The van der Waals surface area contributed by atoms with Crippen molar-refractivity contribution in [3.8, 4) is 28.2 Å². The van der Waals surface area contributed by atoms with Gasteiger partial charge in [0.25, 0.3) is 11.8 Å². The van der Waals surface area contributed by atoms with Gasteiger partial charge in [0, 0.05) is 5.56 Å². The molecule has 0 atom stereocenters. The van der Waals surface area contributed by atoms with E-state index in [2.05, 4.69) is 15.5 Å². The maximum absolute atomic E-state index is 14.1. The second-order valence-corrected chi connectivity index (χ2v) is 6.77. The maximum atomic E-state index is 14.1. The van der Waals surface area contributed by atoms with Gasteiger partial charge in [-0.05, 0) is 41.8 Å². The first kappa shape index (κ1) is 18.5. The number of benzene rings is 2. The summed E-state index contributed by atoms with van der Waals surface area (Å²) in [5.74, 6) is -1.58. The van der Waals surface area contributed by atoms with E-state index >= 15 is 0 Å². The molecule has 6 nitrogen and oxygen atoms in total. The standard InChI is InChI=1S/C20H10F2N4O2S/c21-13-3-1-2-12(9-13)18-25-20(28-26-18)17-16(6-7-29-17)24-19(27)14-5-4-11(10-23)8-15(14)22/h1-9H,(H,24,27). The zero-order valence-corrected chi connectivity index (χ0v) is 15.3. The molecule has 1 amide bonds. The van der Waals surface area contributed by atoms with Crippen LogP contribution >= 0.6 is 11.3 Å². The number of hydrogen-bond acceptors (Lipinski definition) is 6. The topological polar surface area (TPSA) is 91.8 Å². The number of carbonyl (C=O) groups excluding carboxylic acids is 1. The van der Waals surface area contributed by atoms with Crippen LogP contribution in [0.3, 0.4) is 0 Å². The maximum Gasteiger partial charge on any atom is 0.270 e. The van der Waals surface area contributed by atoms with Gasteiger partial charge in [-0.3, -0.25) is 4.79 Å². The number of carbonyl (C=O) groups is 1. The fourth-order valence-electron chi connectivity index (χ4n) is 2.59. The van der Waals surface area contributed by atoms with E-state index in [0.717, 1.165) is 6.07 Å². The molecule has 2 heterocycles. The van der Waals surface area contributed by atoms with Gasteiger partial charge < -0.3 is 9.84 Å². The van der Waals surface area contributed by atoms with Gasteiger partial charge in [-0.15, -0.1) is 11.3 Å². The first-order chi connectivity index (χ1) is 14.0.